The van der Waals surface area contributed by atoms with Gasteiger partial charge < -0.3 is 4.90 Å². The number of carbonyl (C=O) groups excluding carboxylic acids is 1. The fourth-order valence-electron chi connectivity index (χ4n) is 3.31. The number of fused-ring (bicyclic) bond motifs is 1. The molecule has 2 N–H and O–H groups in total. The molecule has 1 saturated heterocycles. The number of carbonyl (C=O) groups is 1. The number of rotatable bonds is 4. The molecule has 22 heavy (non-hydrogen) atoms. The van der Waals surface area contributed by atoms with Crippen LogP contribution in [-0.2, 0) is 27.7 Å². The topological polar surface area (TPSA) is 93.4 Å². The van der Waals surface area contributed by atoms with Gasteiger partial charge in [-0.2, -0.15) is 0 Å². The minimum atomic E-state index is -3.54. The Kier molecular flexibility index (Phi) is 4.26. The number of likely N-dealkylation sites (tertiary alicyclic amines) is 1. The van der Waals surface area contributed by atoms with Gasteiger partial charge >= 0.3 is 0 Å². The number of sulfonamides is 1. The molecule has 1 fully saturated rings. The molecule has 2 atom stereocenters. The van der Waals surface area contributed by atoms with Gasteiger partial charge in [-0.15, -0.1) is 11.3 Å². The molecule has 0 spiro atoms. The van der Waals surface area contributed by atoms with E-state index in [0.29, 0.717) is 6.54 Å². The van der Waals surface area contributed by atoms with Crippen LogP contribution in [0.1, 0.15) is 47.8 Å². The number of amides is 1. The Morgan fingerprint density at radius 3 is 2.82 bits per heavy atom. The first kappa shape index (κ1) is 15.9. The summed E-state index contributed by atoms with van der Waals surface area (Å²) in [6, 6.07) is -0.0893. The van der Waals surface area contributed by atoms with Gasteiger partial charge in [0.2, 0.25) is 15.9 Å². The molecular weight excluding hydrogens is 322 g/mol. The Morgan fingerprint density at radius 1 is 1.41 bits per heavy atom. The molecule has 0 saturated carbocycles. The lowest BCUT2D eigenvalue weighted by Crippen LogP contribution is -2.30. The predicted molar refractivity (Wildman–Crippen MR) is 85.0 cm³/mol. The van der Waals surface area contributed by atoms with Crippen molar-refractivity contribution in [2.45, 2.75) is 45.1 Å². The van der Waals surface area contributed by atoms with Crippen molar-refractivity contribution in [1.29, 1.82) is 0 Å². The zero-order valence-electron chi connectivity index (χ0n) is 12.6. The van der Waals surface area contributed by atoms with Gasteiger partial charge in [-0.3, -0.25) is 4.79 Å². The summed E-state index contributed by atoms with van der Waals surface area (Å²) in [7, 11) is -3.54. The van der Waals surface area contributed by atoms with E-state index in [9.17, 15) is 13.2 Å². The van der Waals surface area contributed by atoms with Crippen LogP contribution in [0.2, 0.25) is 0 Å². The highest BCUT2D eigenvalue weighted by atomic mass is 32.2. The van der Waals surface area contributed by atoms with Gasteiger partial charge in [0, 0.05) is 23.8 Å². The molecule has 0 bridgehead atoms. The van der Waals surface area contributed by atoms with Gasteiger partial charge in [0.1, 0.15) is 5.01 Å². The highest BCUT2D eigenvalue weighted by Crippen LogP contribution is 2.34. The summed E-state index contributed by atoms with van der Waals surface area (Å²) < 4.78 is 22.4. The van der Waals surface area contributed by atoms with Crippen LogP contribution in [0.25, 0.3) is 0 Å². The second-order valence-corrected chi connectivity index (χ2v) is 9.03. The molecule has 2 aliphatic rings. The molecule has 2 heterocycles. The average Bonchev–Trinajstić information content (AvgIpc) is 2.99. The lowest BCUT2D eigenvalue weighted by atomic mass is 10.0. The lowest BCUT2D eigenvalue weighted by molar-refractivity contribution is -0.129. The molecule has 2 unspecified atom stereocenters. The van der Waals surface area contributed by atoms with Gasteiger partial charge in [-0.1, -0.05) is 0 Å². The molecule has 1 aliphatic carbocycles. The zero-order valence-corrected chi connectivity index (χ0v) is 14.3. The van der Waals surface area contributed by atoms with E-state index in [-0.39, 0.29) is 30.0 Å². The monoisotopic (exact) mass is 343 g/mol. The first-order chi connectivity index (χ1) is 10.3. The SMILES string of the molecule is CC(c1nc2c(s1)CCCC2)N1CC(CS(N)(=O)=O)CC1=O. The van der Waals surface area contributed by atoms with E-state index in [1.807, 2.05) is 6.92 Å². The minimum Gasteiger partial charge on any atom is -0.333 e. The van der Waals surface area contributed by atoms with E-state index < -0.39 is 10.0 Å². The van der Waals surface area contributed by atoms with Gasteiger partial charge in [-0.05, 0) is 32.6 Å². The summed E-state index contributed by atoms with van der Waals surface area (Å²) in [6.07, 6.45) is 4.76. The van der Waals surface area contributed by atoms with Crippen LogP contribution in [-0.4, -0.2) is 36.5 Å². The standard InChI is InChI=1S/C14H21N3O3S2/c1-9(14-16-11-4-2-3-5-12(11)21-14)17-7-10(6-13(17)18)8-22(15,19)20/h9-10H,2-8H2,1H3,(H2,15,19,20). The number of nitrogens with two attached hydrogens (primary N) is 1. The summed E-state index contributed by atoms with van der Waals surface area (Å²) in [6.45, 7) is 2.42. The van der Waals surface area contributed by atoms with Gasteiger partial charge in [0.25, 0.3) is 0 Å². The van der Waals surface area contributed by atoms with Gasteiger partial charge in [0.05, 0.1) is 17.5 Å². The number of aromatic nitrogens is 1. The van der Waals surface area contributed by atoms with Crippen LogP contribution in [0.3, 0.4) is 0 Å². The van der Waals surface area contributed by atoms with Crippen molar-refractivity contribution in [3.8, 4) is 0 Å². The zero-order chi connectivity index (χ0) is 15.9. The molecule has 1 amide bonds. The fourth-order valence-corrected chi connectivity index (χ4v) is 5.41. The summed E-state index contributed by atoms with van der Waals surface area (Å²) in [4.78, 5) is 20.0. The van der Waals surface area contributed by atoms with E-state index in [4.69, 9.17) is 10.1 Å². The Bertz CT molecular complexity index is 660. The molecular formula is C14H21N3O3S2. The Balaban J connectivity index is 1.73. The molecule has 0 radical (unpaired) electrons. The number of thiazole rings is 1. The smallest absolute Gasteiger partial charge is 0.223 e. The van der Waals surface area contributed by atoms with E-state index in [0.717, 1.165) is 17.8 Å². The van der Waals surface area contributed by atoms with E-state index in [1.54, 1.807) is 16.2 Å². The van der Waals surface area contributed by atoms with Crippen molar-refractivity contribution in [2.75, 3.05) is 12.3 Å². The molecule has 122 valence electrons. The molecule has 3 rings (SSSR count). The van der Waals surface area contributed by atoms with Crippen LogP contribution in [0.5, 0.6) is 0 Å². The van der Waals surface area contributed by atoms with Crippen molar-refractivity contribution < 1.29 is 13.2 Å². The van der Waals surface area contributed by atoms with E-state index >= 15 is 0 Å². The van der Waals surface area contributed by atoms with Crippen molar-refractivity contribution in [3.63, 3.8) is 0 Å². The summed E-state index contributed by atoms with van der Waals surface area (Å²) >= 11 is 1.70. The number of hydrogen-bond acceptors (Lipinski definition) is 5. The fraction of sp³-hybridized carbons (Fsp3) is 0.714. The highest BCUT2D eigenvalue weighted by Gasteiger charge is 2.36. The third-order valence-corrected chi connectivity index (χ3v) is 6.66. The number of aryl methyl sites for hydroxylation is 2. The van der Waals surface area contributed by atoms with Crippen LogP contribution in [0, 0.1) is 5.92 Å². The maximum Gasteiger partial charge on any atom is 0.223 e. The van der Waals surface area contributed by atoms with Gasteiger partial charge in [0.15, 0.2) is 0 Å². The van der Waals surface area contributed by atoms with Crippen LogP contribution < -0.4 is 5.14 Å². The van der Waals surface area contributed by atoms with E-state index in [2.05, 4.69) is 0 Å². The minimum absolute atomic E-state index is 0.00526. The number of nitrogens with zero attached hydrogens (tertiary/aromatic N) is 2. The molecule has 1 aromatic rings. The number of primary sulfonamides is 1. The summed E-state index contributed by atoms with van der Waals surface area (Å²) in [5, 5.41) is 6.06. The quantitative estimate of drug-likeness (QED) is 0.889. The molecule has 1 aliphatic heterocycles. The molecule has 0 aromatic carbocycles. The third kappa shape index (κ3) is 3.33. The third-order valence-electron chi connectivity index (χ3n) is 4.39. The van der Waals surface area contributed by atoms with Crippen molar-refractivity contribution >= 4 is 27.3 Å². The van der Waals surface area contributed by atoms with Crippen molar-refractivity contribution in [2.24, 2.45) is 11.1 Å². The second kappa shape index (κ2) is 5.90. The Labute approximate surface area is 134 Å². The van der Waals surface area contributed by atoms with E-state index in [1.165, 1.54) is 23.4 Å². The first-order valence-electron chi connectivity index (χ1n) is 7.62. The summed E-state index contributed by atoms with van der Waals surface area (Å²) in [5.41, 5.74) is 1.19. The largest absolute Gasteiger partial charge is 0.333 e. The normalized spacial score (nSPS) is 23.6. The first-order valence-corrected chi connectivity index (χ1v) is 10.1. The molecule has 1 aromatic heterocycles. The number of hydrogen-bond donors (Lipinski definition) is 1. The lowest BCUT2D eigenvalue weighted by Gasteiger charge is -2.23. The summed E-state index contributed by atoms with van der Waals surface area (Å²) in [5.74, 6) is -0.343. The maximum absolute atomic E-state index is 12.2. The molecule has 6 nitrogen and oxygen atoms in total. The Hall–Kier alpha value is -0.990. The van der Waals surface area contributed by atoms with Gasteiger partial charge in [-0.25, -0.2) is 18.5 Å². The van der Waals surface area contributed by atoms with Crippen LogP contribution in [0.4, 0.5) is 0 Å². The van der Waals surface area contributed by atoms with Crippen LogP contribution in [0.15, 0.2) is 0 Å². The Morgan fingerprint density at radius 2 is 2.14 bits per heavy atom. The maximum atomic E-state index is 12.2. The predicted octanol–water partition coefficient (Wildman–Crippen LogP) is 1.22. The van der Waals surface area contributed by atoms with Crippen molar-refractivity contribution in [1.82, 2.24) is 9.88 Å². The average molecular weight is 343 g/mol. The van der Waals surface area contributed by atoms with Crippen LogP contribution >= 0.6 is 11.3 Å². The second-order valence-electron chi connectivity index (χ2n) is 6.25. The highest BCUT2D eigenvalue weighted by molar-refractivity contribution is 7.89. The molecule has 8 heteroatoms. The van der Waals surface area contributed by atoms with Crippen molar-refractivity contribution in [3.05, 3.63) is 15.6 Å².